The van der Waals surface area contributed by atoms with Gasteiger partial charge in [-0.1, -0.05) is 12.1 Å². The van der Waals surface area contributed by atoms with Crippen molar-refractivity contribution in [3.05, 3.63) is 59.4 Å². The van der Waals surface area contributed by atoms with Crippen LogP contribution in [0.2, 0.25) is 0 Å². The third-order valence-electron chi connectivity index (χ3n) is 3.99. The quantitative estimate of drug-likeness (QED) is 0.866. The lowest BCUT2D eigenvalue weighted by atomic mass is 10.1. The molecule has 1 fully saturated rings. The Balaban J connectivity index is 1.64. The Kier molecular flexibility index (Phi) is 4.74. The van der Waals surface area contributed by atoms with E-state index in [9.17, 15) is 14.4 Å². The molecule has 0 spiro atoms. The number of carbonyl (C=O) groups excluding carboxylic acids is 2. The van der Waals surface area contributed by atoms with E-state index in [-0.39, 0.29) is 23.1 Å². The SMILES string of the molecule is O=C(NCc1cccc(N2CCCC2=O)c1)c1ccc(C(=O)O)nc1. The zero-order valence-corrected chi connectivity index (χ0v) is 13.4. The number of anilines is 1. The van der Waals surface area contributed by atoms with Crippen LogP contribution in [0.25, 0.3) is 0 Å². The van der Waals surface area contributed by atoms with E-state index in [0.717, 1.165) is 24.2 Å². The molecule has 1 aromatic heterocycles. The highest BCUT2D eigenvalue weighted by molar-refractivity contribution is 5.96. The molecule has 3 rings (SSSR count). The largest absolute Gasteiger partial charge is 0.477 e. The number of pyridine rings is 1. The van der Waals surface area contributed by atoms with Crippen LogP contribution in [0.3, 0.4) is 0 Å². The summed E-state index contributed by atoms with van der Waals surface area (Å²) in [5.41, 5.74) is 1.89. The van der Waals surface area contributed by atoms with Gasteiger partial charge in [-0.2, -0.15) is 0 Å². The number of benzene rings is 1. The van der Waals surface area contributed by atoms with Crippen LogP contribution in [-0.4, -0.2) is 34.4 Å². The Labute approximate surface area is 144 Å². The van der Waals surface area contributed by atoms with E-state index in [2.05, 4.69) is 10.3 Å². The van der Waals surface area contributed by atoms with Crippen molar-refractivity contribution in [3.8, 4) is 0 Å². The molecule has 128 valence electrons. The summed E-state index contributed by atoms with van der Waals surface area (Å²) in [7, 11) is 0. The first-order chi connectivity index (χ1) is 12.0. The van der Waals surface area contributed by atoms with Crippen LogP contribution in [0, 0.1) is 0 Å². The molecule has 1 aliphatic rings. The number of carboxylic acids is 1. The molecule has 0 atom stereocenters. The number of carbonyl (C=O) groups is 3. The summed E-state index contributed by atoms with van der Waals surface area (Å²) < 4.78 is 0. The van der Waals surface area contributed by atoms with Crippen LogP contribution in [0.15, 0.2) is 42.6 Å². The molecule has 0 saturated carbocycles. The van der Waals surface area contributed by atoms with Crippen LogP contribution in [0.4, 0.5) is 5.69 Å². The molecule has 25 heavy (non-hydrogen) atoms. The Morgan fingerprint density at radius 3 is 2.72 bits per heavy atom. The van der Waals surface area contributed by atoms with Crippen molar-refractivity contribution < 1.29 is 19.5 Å². The topological polar surface area (TPSA) is 99.6 Å². The standard InChI is InChI=1S/C18H17N3O4/c22-16-5-2-8-21(16)14-4-1-3-12(9-14)10-20-17(23)13-6-7-15(18(24)25)19-11-13/h1,3-4,6-7,9,11H,2,5,8,10H2,(H,20,23)(H,24,25). The summed E-state index contributed by atoms with van der Waals surface area (Å²) in [4.78, 5) is 40.2. The molecule has 0 radical (unpaired) electrons. The second-order valence-electron chi connectivity index (χ2n) is 5.74. The van der Waals surface area contributed by atoms with E-state index < -0.39 is 5.97 Å². The van der Waals surface area contributed by atoms with Crippen molar-refractivity contribution >= 4 is 23.5 Å². The van der Waals surface area contributed by atoms with Gasteiger partial charge in [-0.05, 0) is 36.2 Å². The molecule has 1 aromatic carbocycles. The molecule has 1 aliphatic heterocycles. The van der Waals surface area contributed by atoms with Crippen molar-refractivity contribution in [1.82, 2.24) is 10.3 Å². The maximum Gasteiger partial charge on any atom is 0.354 e. The molecule has 2 heterocycles. The van der Waals surface area contributed by atoms with Crippen molar-refractivity contribution in [2.75, 3.05) is 11.4 Å². The molecule has 1 saturated heterocycles. The molecular formula is C18H17N3O4. The number of rotatable bonds is 5. The highest BCUT2D eigenvalue weighted by atomic mass is 16.4. The van der Waals surface area contributed by atoms with Crippen molar-refractivity contribution in [2.24, 2.45) is 0 Å². The number of hydrogen-bond donors (Lipinski definition) is 2. The van der Waals surface area contributed by atoms with E-state index in [1.165, 1.54) is 18.3 Å². The monoisotopic (exact) mass is 339 g/mol. The second-order valence-corrected chi connectivity index (χ2v) is 5.74. The number of carboxylic acid groups (broad SMARTS) is 1. The van der Waals surface area contributed by atoms with Crippen LogP contribution >= 0.6 is 0 Å². The van der Waals surface area contributed by atoms with Gasteiger partial charge in [0.05, 0.1) is 5.56 Å². The number of nitrogens with zero attached hydrogens (tertiary/aromatic N) is 2. The smallest absolute Gasteiger partial charge is 0.354 e. The van der Waals surface area contributed by atoms with Gasteiger partial charge in [0.2, 0.25) is 5.91 Å². The Hall–Kier alpha value is -3.22. The minimum atomic E-state index is -1.14. The van der Waals surface area contributed by atoms with Crippen LogP contribution in [0.5, 0.6) is 0 Å². The van der Waals surface area contributed by atoms with Crippen molar-refractivity contribution in [1.29, 1.82) is 0 Å². The van der Waals surface area contributed by atoms with Gasteiger partial charge in [0, 0.05) is 31.4 Å². The molecule has 7 nitrogen and oxygen atoms in total. The van der Waals surface area contributed by atoms with Gasteiger partial charge in [-0.15, -0.1) is 0 Å². The van der Waals surface area contributed by atoms with Gasteiger partial charge in [-0.3, -0.25) is 9.59 Å². The average Bonchev–Trinajstić information content (AvgIpc) is 3.06. The molecule has 0 aliphatic carbocycles. The van der Waals surface area contributed by atoms with Crippen molar-refractivity contribution in [3.63, 3.8) is 0 Å². The Bertz CT molecular complexity index is 817. The molecule has 2 aromatic rings. The molecule has 7 heteroatoms. The average molecular weight is 339 g/mol. The highest BCUT2D eigenvalue weighted by Crippen LogP contribution is 2.22. The Morgan fingerprint density at radius 2 is 2.08 bits per heavy atom. The third kappa shape index (κ3) is 3.82. The fraction of sp³-hybridized carbons (Fsp3) is 0.222. The van der Waals surface area contributed by atoms with E-state index in [1.807, 2.05) is 24.3 Å². The summed E-state index contributed by atoms with van der Waals surface area (Å²) in [6.07, 6.45) is 2.66. The Morgan fingerprint density at radius 1 is 1.24 bits per heavy atom. The lowest BCUT2D eigenvalue weighted by Gasteiger charge is -2.16. The van der Waals surface area contributed by atoms with E-state index in [4.69, 9.17) is 5.11 Å². The van der Waals surface area contributed by atoms with Gasteiger partial charge < -0.3 is 15.3 Å². The number of aromatic nitrogens is 1. The van der Waals surface area contributed by atoms with Gasteiger partial charge in [-0.25, -0.2) is 9.78 Å². The number of aromatic carboxylic acids is 1. The van der Waals surface area contributed by atoms with Gasteiger partial charge >= 0.3 is 5.97 Å². The summed E-state index contributed by atoms with van der Waals surface area (Å²) in [5, 5.41) is 11.6. The minimum Gasteiger partial charge on any atom is -0.477 e. The number of nitrogens with one attached hydrogen (secondary N) is 1. The van der Waals surface area contributed by atoms with Gasteiger partial charge in [0.25, 0.3) is 5.91 Å². The lowest BCUT2D eigenvalue weighted by molar-refractivity contribution is -0.117. The summed E-state index contributed by atoms with van der Waals surface area (Å²) >= 11 is 0. The molecule has 0 unspecified atom stereocenters. The van der Waals surface area contributed by atoms with E-state index in [0.29, 0.717) is 13.0 Å². The summed E-state index contributed by atoms with van der Waals surface area (Å²) in [6, 6.07) is 10.2. The first-order valence-electron chi connectivity index (χ1n) is 7.91. The maximum absolute atomic E-state index is 12.1. The fourth-order valence-electron chi connectivity index (χ4n) is 2.69. The highest BCUT2D eigenvalue weighted by Gasteiger charge is 2.21. The number of amides is 2. The number of hydrogen-bond acceptors (Lipinski definition) is 4. The molecule has 0 bridgehead atoms. The third-order valence-corrected chi connectivity index (χ3v) is 3.99. The van der Waals surface area contributed by atoms with E-state index >= 15 is 0 Å². The molecule has 2 amide bonds. The summed E-state index contributed by atoms with van der Waals surface area (Å²) in [6.45, 7) is 1.02. The van der Waals surface area contributed by atoms with Gasteiger partial charge in [0.15, 0.2) is 0 Å². The van der Waals surface area contributed by atoms with Crippen molar-refractivity contribution in [2.45, 2.75) is 19.4 Å². The predicted octanol–water partition coefficient (Wildman–Crippen LogP) is 1.84. The van der Waals surface area contributed by atoms with Crippen LogP contribution in [0.1, 0.15) is 39.3 Å². The second kappa shape index (κ2) is 7.12. The van der Waals surface area contributed by atoms with E-state index in [1.54, 1.807) is 4.90 Å². The van der Waals surface area contributed by atoms with Crippen LogP contribution < -0.4 is 10.2 Å². The molecular weight excluding hydrogens is 322 g/mol. The predicted molar refractivity (Wildman–Crippen MR) is 90.4 cm³/mol. The first-order valence-corrected chi connectivity index (χ1v) is 7.91. The zero-order chi connectivity index (χ0) is 17.8. The molecule has 2 N–H and O–H groups in total. The zero-order valence-electron chi connectivity index (χ0n) is 13.4. The summed E-state index contributed by atoms with van der Waals surface area (Å²) in [5.74, 6) is -1.36. The minimum absolute atomic E-state index is 0.112. The normalized spacial score (nSPS) is 13.8. The van der Waals surface area contributed by atoms with Gasteiger partial charge in [0.1, 0.15) is 5.69 Å². The lowest BCUT2D eigenvalue weighted by Crippen LogP contribution is -2.25. The first kappa shape index (κ1) is 16.6. The van der Waals surface area contributed by atoms with Crippen LogP contribution in [-0.2, 0) is 11.3 Å². The maximum atomic E-state index is 12.1. The fourth-order valence-corrected chi connectivity index (χ4v) is 2.69.